The van der Waals surface area contributed by atoms with E-state index in [2.05, 4.69) is 29.2 Å². The Balaban J connectivity index is 1.77. The average Bonchev–Trinajstić information content (AvgIpc) is 3.30. The maximum Gasteiger partial charge on any atom is 0.188 e. The summed E-state index contributed by atoms with van der Waals surface area (Å²) in [6.07, 6.45) is 6.19. The second kappa shape index (κ2) is 10.7. The Morgan fingerprint density at radius 1 is 1.09 bits per heavy atom. The fraction of sp³-hybridized carbons (Fsp3) is 0.346. The summed E-state index contributed by atoms with van der Waals surface area (Å²) in [5, 5.41) is 7.64. The van der Waals surface area contributed by atoms with Gasteiger partial charge >= 0.3 is 0 Å². The molecule has 0 aliphatic rings. The molecule has 0 fully saturated rings. The molecule has 8 nitrogen and oxygen atoms in total. The van der Waals surface area contributed by atoms with Crippen molar-refractivity contribution in [2.24, 2.45) is 7.05 Å². The van der Waals surface area contributed by atoms with Gasteiger partial charge in [-0.25, -0.2) is 9.37 Å². The van der Waals surface area contributed by atoms with Crippen LogP contribution in [0.5, 0.6) is 11.5 Å². The number of aryl methyl sites for hydroxylation is 1. The summed E-state index contributed by atoms with van der Waals surface area (Å²) >= 11 is 0. The average molecular weight is 479 g/mol. The summed E-state index contributed by atoms with van der Waals surface area (Å²) in [6.45, 7) is 5.59. The minimum Gasteiger partial charge on any atom is -0.497 e. The number of fused-ring (bicyclic) bond motifs is 1. The molecule has 184 valence electrons. The third-order valence-electron chi connectivity index (χ3n) is 5.69. The zero-order valence-electron chi connectivity index (χ0n) is 20.7. The van der Waals surface area contributed by atoms with Crippen molar-refractivity contribution in [1.29, 1.82) is 0 Å². The Hall–Kier alpha value is -3.72. The first-order valence-electron chi connectivity index (χ1n) is 11.6. The number of nitrogens with zero attached hydrogens (tertiary/aromatic N) is 5. The molecule has 0 saturated carbocycles. The molecule has 0 aliphatic carbocycles. The van der Waals surface area contributed by atoms with Gasteiger partial charge in [-0.1, -0.05) is 13.8 Å². The molecule has 9 heteroatoms. The van der Waals surface area contributed by atoms with Crippen LogP contribution in [0.2, 0.25) is 0 Å². The standard InChI is InChI=1S/C26H31FN6O2/c1-17(2)28-9-6-10-33(24-12-20(34-4)13-25(35-5)26(24)27)19-7-8-21-22(11-19)31-23(15-29-21)18-14-30-32(3)16-18/h7-8,11-17,28H,6,9-10H2,1-5H3. The van der Waals surface area contributed by atoms with Gasteiger partial charge in [-0.05, 0) is 31.2 Å². The third kappa shape index (κ3) is 5.51. The maximum absolute atomic E-state index is 15.5. The van der Waals surface area contributed by atoms with Gasteiger partial charge in [0.15, 0.2) is 11.6 Å². The van der Waals surface area contributed by atoms with Crippen LogP contribution in [-0.2, 0) is 7.05 Å². The molecule has 2 heterocycles. The molecule has 2 aromatic carbocycles. The van der Waals surface area contributed by atoms with E-state index in [0.717, 1.165) is 35.4 Å². The van der Waals surface area contributed by atoms with Crippen molar-refractivity contribution in [1.82, 2.24) is 25.1 Å². The quantitative estimate of drug-likeness (QED) is 0.331. The molecule has 1 N–H and O–H groups in total. The van der Waals surface area contributed by atoms with Crippen LogP contribution in [0.1, 0.15) is 20.3 Å². The number of halogens is 1. The number of hydrogen-bond acceptors (Lipinski definition) is 7. The van der Waals surface area contributed by atoms with Crippen LogP contribution in [0.3, 0.4) is 0 Å². The molecule has 35 heavy (non-hydrogen) atoms. The van der Waals surface area contributed by atoms with E-state index in [-0.39, 0.29) is 5.75 Å². The van der Waals surface area contributed by atoms with Gasteiger partial charge in [-0.2, -0.15) is 5.10 Å². The second-order valence-corrected chi connectivity index (χ2v) is 8.61. The lowest BCUT2D eigenvalue weighted by atomic mass is 10.1. The third-order valence-corrected chi connectivity index (χ3v) is 5.69. The highest BCUT2D eigenvalue weighted by Gasteiger charge is 2.20. The fourth-order valence-corrected chi connectivity index (χ4v) is 3.90. The highest BCUT2D eigenvalue weighted by atomic mass is 19.1. The molecule has 0 amide bonds. The first kappa shape index (κ1) is 24.4. The number of rotatable bonds is 10. The molecule has 4 rings (SSSR count). The minimum absolute atomic E-state index is 0.129. The van der Waals surface area contributed by atoms with Crippen molar-refractivity contribution in [2.45, 2.75) is 26.3 Å². The summed E-state index contributed by atoms with van der Waals surface area (Å²) < 4.78 is 27.9. The Bertz CT molecular complexity index is 1310. The zero-order chi connectivity index (χ0) is 24.9. The largest absolute Gasteiger partial charge is 0.497 e. The number of hydrogen-bond donors (Lipinski definition) is 1. The Morgan fingerprint density at radius 2 is 1.91 bits per heavy atom. The van der Waals surface area contributed by atoms with Gasteiger partial charge in [0.2, 0.25) is 0 Å². The Morgan fingerprint density at radius 3 is 2.60 bits per heavy atom. The minimum atomic E-state index is -0.444. The Labute approximate surface area is 204 Å². The van der Waals surface area contributed by atoms with E-state index < -0.39 is 5.82 Å². The lowest BCUT2D eigenvalue weighted by molar-refractivity contribution is 0.374. The van der Waals surface area contributed by atoms with E-state index >= 15 is 4.39 Å². The monoisotopic (exact) mass is 478 g/mol. The lowest BCUT2D eigenvalue weighted by Crippen LogP contribution is -2.28. The number of nitrogens with one attached hydrogen (secondary N) is 1. The van der Waals surface area contributed by atoms with Gasteiger partial charge in [0, 0.05) is 49.2 Å². The van der Waals surface area contributed by atoms with Crippen molar-refractivity contribution in [3.05, 3.63) is 54.7 Å². The Kier molecular flexibility index (Phi) is 7.45. The van der Waals surface area contributed by atoms with Crippen LogP contribution in [0.4, 0.5) is 15.8 Å². The molecule has 0 spiro atoms. The van der Waals surface area contributed by atoms with Gasteiger partial charge in [0.1, 0.15) is 5.75 Å². The molecular weight excluding hydrogens is 447 g/mol. The van der Waals surface area contributed by atoms with Crippen LogP contribution in [-0.4, -0.2) is 53.1 Å². The van der Waals surface area contributed by atoms with Crippen molar-refractivity contribution >= 4 is 22.4 Å². The predicted molar refractivity (Wildman–Crippen MR) is 136 cm³/mol. The summed E-state index contributed by atoms with van der Waals surface area (Å²) in [7, 11) is 4.86. The van der Waals surface area contributed by atoms with Gasteiger partial charge in [-0.3, -0.25) is 9.67 Å². The second-order valence-electron chi connectivity index (χ2n) is 8.61. The maximum atomic E-state index is 15.5. The molecule has 0 radical (unpaired) electrons. The highest BCUT2D eigenvalue weighted by Crippen LogP contribution is 2.37. The van der Waals surface area contributed by atoms with Gasteiger partial charge < -0.3 is 19.7 Å². The zero-order valence-corrected chi connectivity index (χ0v) is 20.7. The number of aromatic nitrogens is 4. The van der Waals surface area contributed by atoms with Crippen LogP contribution >= 0.6 is 0 Å². The van der Waals surface area contributed by atoms with Gasteiger partial charge in [-0.15, -0.1) is 0 Å². The van der Waals surface area contributed by atoms with E-state index in [1.54, 1.807) is 36.3 Å². The van der Waals surface area contributed by atoms with Crippen molar-refractivity contribution in [2.75, 3.05) is 32.2 Å². The molecule has 4 aromatic rings. The topological polar surface area (TPSA) is 77.3 Å². The fourth-order valence-electron chi connectivity index (χ4n) is 3.90. The summed E-state index contributed by atoms with van der Waals surface area (Å²) in [5.74, 6) is 0.201. The molecule has 0 atom stereocenters. The van der Waals surface area contributed by atoms with Crippen molar-refractivity contribution in [3.63, 3.8) is 0 Å². The molecule has 0 aliphatic heterocycles. The highest BCUT2D eigenvalue weighted by molar-refractivity contribution is 5.82. The van der Waals surface area contributed by atoms with E-state index in [1.807, 2.05) is 36.3 Å². The molecule has 0 saturated heterocycles. The van der Waals surface area contributed by atoms with Gasteiger partial charge in [0.25, 0.3) is 0 Å². The molecular formula is C26H31FN6O2. The number of methoxy groups -OCH3 is 2. The van der Waals surface area contributed by atoms with E-state index in [0.29, 0.717) is 29.5 Å². The van der Waals surface area contributed by atoms with Crippen LogP contribution in [0.25, 0.3) is 22.3 Å². The number of anilines is 2. The molecule has 0 unspecified atom stereocenters. The molecule has 2 aromatic heterocycles. The predicted octanol–water partition coefficient (Wildman–Crippen LogP) is 4.71. The summed E-state index contributed by atoms with van der Waals surface area (Å²) in [5.41, 5.74) is 4.25. The first-order chi connectivity index (χ1) is 16.9. The summed E-state index contributed by atoms with van der Waals surface area (Å²) in [4.78, 5) is 11.3. The van der Waals surface area contributed by atoms with E-state index in [4.69, 9.17) is 14.5 Å². The van der Waals surface area contributed by atoms with E-state index in [1.165, 1.54) is 7.11 Å². The number of benzene rings is 2. The van der Waals surface area contributed by atoms with Crippen molar-refractivity contribution < 1.29 is 13.9 Å². The first-order valence-corrected chi connectivity index (χ1v) is 11.6. The lowest BCUT2D eigenvalue weighted by Gasteiger charge is -2.27. The van der Waals surface area contributed by atoms with Crippen LogP contribution in [0, 0.1) is 5.82 Å². The van der Waals surface area contributed by atoms with Crippen molar-refractivity contribution in [3.8, 4) is 22.8 Å². The van der Waals surface area contributed by atoms with Crippen LogP contribution in [0.15, 0.2) is 48.9 Å². The normalized spacial score (nSPS) is 11.3. The smallest absolute Gasteiger partial charge is 0.188 e. The molecule has 0 bridgehead atoms. The number of ether oxygens (including phenoxy) is 2. The summed E-state index contributed by atoms with van der Waals surface area (Å²) in [6, 6.07) is 9.38. The van der Waals surface area contributed by atoms with E-state index in [9.17, 15) is 0 Å². The SMILES string of the molecule is COc1cc(OC)c(F)c(N(CCCNC(C)C)c2ccc3ncc(-c4cnn(C)c4)nc3c2)c1. The van der Waals surface area contributed by atoms with Gasteiger partial charge in [0.05, 0.1) is 49.0 Å². The van der Waals surface area contributed by atoms with Crippen LogP contribution < -0.4 is 19.7 Å².